The number of pyridine rings is 1. The van der Waals surface area contributed by atoms with Crippen molar-refractivity contribution in [2.45, 2.75) is 6.92 Å². The van der Waals surface area contributed by atoms with E-state index in [2.05, 4.69) is 25.8 Å². The van der Waals surface area contributed by atoms with Gasteiger partial charge in [0.25, 0.3) is 0 Å². The van der Waals surface area contributed by atoms with Crippen molar-refractivity contribution in [3.8, 4) is 11.3 Å². The second-order valence-electron chi connectivity index (χ2n) is 6.63. The Hall–Kier alpha value is -4.08. The Bertz CT molecular complexity index is 1220. The molecule has 0 aliphatic carbocycles. The van der Waals surface area contributed by atoms with Gasteiger partial charge < -0.3 is 16.4 Å². The summed E-state index contributed by atoms with van der Waals surface area (Å²) in [6, 6.07) is 9.62. The molecule has 152 valence electrons. The number of halogens is 1. The summed E-state index contributed by atoms with van der Waals surface area (Å²) in [4.78, 5) is 23.7. The minimum atomic E-state index is -0.284. The molecule has 0 aliphatic rings. The monoisotopic (exact) mass is 406 g/mol. The van der Waals surface area contributed by atoms with Crippen LogP contribution in [0.2, 0.25) is 0 Å². The number of nitroso groups, excluding NO2 is 1. The molecule has 3 heterocycles. The molecular weight excluding hydrogens is 387 g/mol. The van der Waals surface area contributed by atoms with E-state index in [1.54, 1.807) is 18.3 Å². The second-order valence-corrected chi connectivity index (χ2v) is 6.63. The minimum absolute atomic E-state index is 0.0760. The van der Waals surface area contributed by atoms with Gasteiger partial charge in [-0.3, -0.25) is 4.40 Å². The summed E-state index contributed by atoms with van der Waals surface area (Å²) in [5.74, 6) is 0.942. The molecule has 4 rings (SSSR count). The zero-order valence-electron chi connectivity index (χ0n) is 16.1. The summed E-state index contributed by atoms with van der Waals surface area (Å²) in [6.07, 6.45) is 3.50. The number of nitrogens with zero attached hydrogens (tertiary/aromatic N) is 5. The lowest BCUT2D eigenvalue weighted by Gasteiger charge is -2.12. The number of imidazole rings is 1. The lowest BCUT2D eigenvalue weighted by molar-refractivity contribution is 0.627. The van der Waals surface area contributed by atoms with E-state index >= 15 is 0 Å². The average Bonchev–Trinajstić information content (AvgIpc) is 3.20. The van der Waals surface area contributed by atoms with Gasteiger partial charge in [-0.25, -0.2) is 19.3 Å². The number of fused-ring (bicyclic) bond motifs is 1. The standard InChI is InChI=1S/C20H19FN8O/c1-12-10-13(21)2-3-14(12)16-11-18-24-8-9-29(18)20(26-16)25-7-6-23-17-5-4-15(28-30)19(22)27-17/h2-5,8-11H,6-7H2,1H3,(H,25,26)(H3,22,23,27). The van der Waals surface area contributed by atoms with Crippen LogP contribution in [0.4, 0.5) is 27.7 Å². The number of nitrogen functional groups attached to an aromatic ring is 1. The predicted octanol–water partition coefficient (Wildman–Crippen LogP) is 3.74. The van der Waals surface area contributed by atoms with Crippen molar-refractivity contribution in [3.63, 3.8) is 0 Å². The zero-order valence-corrected chi connectivity index (χ0v) is 16.1. The van der Waals surface area contributed by atoms with Crippen LogP contribution in [0.5, 0.6) is 0 Å². The largest absolute Gasteiger partial charge is 0.382 e. The fourth-order valence-electron chi connectivity index (χ4n) is 3.11. The molecule has 0 amide bonds. The number of hydrogen-bond acceptors (Lipinski definition) is 8. The smallest absolute Gasteiger partial charge is 0.209 e. The summed E-state index contributed by atoms with van der Waals surface area (Å²) >= 11 is 0. The molecule has 0 atom stereocenters. The average molecular weight is 406 g/mol. The van der Waals surface area contributed by atoms with Gasteiger partial charge in [-0.05, 0) is 48.0 Å². The first-order valence-electron chi connectivity index (χ1n) is 9.23. The van der Waals surface area contributed by atoms with Gasteiger partial charge in [-0.2, -0.15) is 0 Å². The normalized spacial score (nSPS) is 10.9. The van der Waals surface area contributed by atoms with Gasteiger partial charge in [-0.1, -0.05) is 0 Å². The third-order valence-corrected chi connectivity index (χ3v) is 4.57. The minimum Gasteiger partial charge on any atom is -0.382 e. The number of aromatic nitrogens is 4. The summed E-state index contributed by atoms with van der Waals surface area (Å²) in [6.45, 7) is 2.90. The maximum Gasteiger partial charge on any atom is 0.209 e. The molecule has 10 heteroatoms. The maximum atomic E-state index is 13.5. The van der Waals surface area contributed by atoms with Crippen LogP contribution in [0.3, 0.4) is 0 Å². The molecule has 0 saturated carbocycles. The highest BCUT2D eigenvalue weighted by molar-refractivity contribution is 5.69. The Morgan fingerprint density at radius 2 is 1.97 bits per heavy atom. The first kappa shape index (κ1) is 19.2. The van der Waals surface area contributed by atoms with E-state index in [0.29, 0.717) is 30.5 Å². The highest BCUT2D eigenvalue weighted by Crippen LogP contribution is 2.25. The van der Waals surface area contributed by atoms with Crippen molar-refractivity contribution in [2.24, 2.45) is 5.18 Å². The molecule has 9 nitrogen and oxygen atoms in total. The molecule has 1 aromatic carbocycles. The molecule has 3 aromatic heterocycles. The summed E-state index contributed by atoms with van der Waals surface area (Å²) in [7, 11) is 0. The van der Waals surface area contributed by atoms with E-state index < -0.39 is 0 Å². The third kappa shape index (κ3) is 3.88. The fourth-order valence-corrected chi connectivity index (χ4v) is 3.11. The lowest BCUT2D eigenvalue weighted by atomic mass is 10.1. The van der Waals surface area contributed by atoms with Crippen LogP contribution < -0.4 is 16.4 Å². The van der Waals surface area contributed by atoms with Crippen LogP contribution in [-0.4, -0.2) is 32.4 Å². The Kier molecular flexibility index (Phi) is 5.21. The quantitative estimate of drug-likeness (QED) is 0.315. The number of aryl methyl sites for hydroxylation is 1. The zero-order chi connectivity index (χ0) is 21.1. The lowest BCUT2D eigenvalue weighted by Crippen LogP contribution is -2.17. The van der Waals surface area contributed by atoms with Crippen molar-refractivity contribution in [1.82, 2.24) is 19.4 Å². The summed E-state index contributed by atoms with van der Waals surface area (Å²) in [5, 5.41) is 9.19. The number of hydrogen-bond donors (Lipinski definition) is 3. The van der Waals surface area contributed by atoms with Crippen LogP contribution in [0, 0.1) is 17.6 Å². The SMILES string of the molecule is Cc1cc(F)ccc1-c1cc2nccn2c(NCCNc2ccc(N=O)c(N)n2)n1. The summed E-state index contributed by atoms with van der Waals surface area (Å²) < 4.78 is 15.3. The van der Waals surface area contributed by atoms with Gasteiger partial charge in [0.1, 0.15) is 23.0 Å². The van der Waals surface area contributed by atoms with Crippen molar-refractivity contribution in [1.29, 1.82) is 0 Å². The Morgan fingerprint density at radius 1 is 1.13 bits per heavy atom. The molecule has 0 aliphatic heterocycles. The molecule has 0 fully saturated rings. The molecule has 0 spiro atoms. The molecule has 30 heavy (non-hydrogen) atoms. The van der Waals surface area contributed by atoms with Gasteiger partial charge in [0.15, 0.2) is 5.82 Å². The molecule has 0 radical (unpaired) electrons. The number of nitrogens with two attached hydrogens (primary N) is 1. The van der Waals surface area contributed by atoms with Gasteiger partial charge in [0.05, 0.1) is 5.69 Å². The maximum absolute atomic E-state index is 13.5. The molecule has 4 aromatic rings. The van der Waals surface area contributed by atoms with Crippen LogP contribution in [0.25, 0.3) is 16.9 Å². The first-order valence-corrected chi connectivity index (χ1v) is 9.23. The molecule has 4 N–H and O–H groups in total. The van der Waals surface area contributed by atoms with Crippen LogP contribution in [0.1, 0.15) is 5.56 Å². The summed E-state index contributed by atoms with van der Waals surface area (Å²) in [5.41, 5.74) is 8.84. The van der Waals surface area contributed by atoms with Crippen molar-refractivity contribution in [3.05, 3.63) is 65.1 Å². The van der Waals surface area contributed by atoms with E-state index in [1.165, 1.54) is 18.2 Å². The number of benzene rings is 1. The van der Waals surface area contributed by atoms with E-state index in [4.69, 9.17) is 10.7 Å². The van der Waals surface area contributed by atoms with Crippen LogP contribution in [0.15, 0.2) is 54.0 Å². The van der Waals surface area contributed by atoms with E-state index in [0.717, 1.165) is 16.8 Å². The topological polar surface area (TPSA) is 123 Å². The first-order chi connectivity index (χ1) is 14.5. The Balaban J connectivity index is 1.50. The Morgan fingerprint density at radius 3 is 2.73 bits per heavy atom. The van der Waals surface area contributed by atoms with Gasteiger partial charge >= 0.3 is 0 Å². The van der Waals surface area contributed by atoms with Crippen molar-refractivity contribution < 1.29 is 4.39 Å². The number of nitrogens with one attached hydrogen (secondary N) is 2. The molecule has 0 bridgehead atoms. The van der Waals surface area contributed by atoms with E-state index in [9.17, 15) is 9.30 Å². The number of rotatable bonds is 7. The number of anilines is 3. The van der Waals surface area contributed by atoms with Crippen molar-refractivity contribution in [2.75, 3.05) is 29.5 Å². The van der Waals surface area contributed by atoms with Gasteiger partial charge in [0, 0.05) is 37.1 Å². The fraction of sp³-hybridized carbons (Fsp3) is 0.150. The predicted molar refractivity (Wildman–Crippen MR) is 114 cm³/mol. The second kappa shape index (κ2) is 8.11. The van der Waals surface area contributed by atoms with Crippen molar-refractivity contribution >= 4 is 28.9 Å². The molecule has 0 saturated heterocycles. The van der Waals surface area contributed by atoms with E-state index in [1.807, 2.05) is 23.6 Å². The third-order valence-electron chi connectivity index (χ3n) is 4.57. The van der Waals surface area contributed by atoms with Gasteiger partial charge in [-0.15, -0.1) is 4.91 Å². The molecular formula is C20H19FN8O. The highest BCUT2D eigenvalue weighted by Gasteiger charge is 2.11. The Labute approximate surface area is 171 Å². The van der Waals surface area contributed by atoms with E-state index in [-0.39, 0.29) is 17.3 Å². The molecule has 0 unspecified atom stereocenters. The highest BCUT2D eigenvalue weighted by atomic mass is 19.1. The van der Waals surface area contributed by atoms with Gasteiger partial charge in [0.2, 0.25) is 5.95 Å². The van der Waals surface area contributed by atoms with Crippen LogP contribution in [-0.2, 0) is 0 Å². The van der Waals surface area contributed by atoms with Crippen LogP contribution >= 0.6 is 0 Å².